The maximum absolute atomic E-state index is 12.3. The third-order valence-electron chi connectivity index (χ3n) is 2.79. The highest BCUT2D eigenvalue weighted by molar-refractivity contribution is 6.02. The van der Waals surface area contributed by atoms with E-state index in [-0.39, 0.29) is 11.7 Å². The molecule has 2 rings (SSSR count). The summed E-state index contributed by atoms with van der Waals surface area (Å²) in [5.74, 6) is 0.527. The maximum Gasteiger partial charge on any atom is 0.270 e. The minimum Gasteiger partial charge on any atom is -0.508 e. The van der Waals surface area contributed by atoms with Crippen molar-refractivity contribution in [2.45, 2.75) is 26.4 Å². The predicted molar refractivity (Wildman–Crippen MR) is 70.0 cm³/mol. The van der Waals surface area contributed by atoms with Gasteiger partial charge >= 0.3 is 0 Å². The molecule has 0 radical (unpaired) electrons. The molecule has 4 heteroatoms. The van der Waals surface area contributed by atoms with Gasteiger partial charge in [-0.3, -0.25) is 4.79 Å². The van der Waals surface area contributed by atoms with E-state index in [1.54, 1.807) is 30.9 Å². The molecular weight excluding hydrogens is 230 g/mol. The Kier molecular flexibility index (Phi) is 2.81. The Hall–Kier alpha value is -1.97. The van der Waals surface area contributed by atoms with Gasteiger partial charge in [0.2, 0.25) is 0 Å². The minimum absolute atomic E-state index is 0.108. The van der Waals surface area contributed by atoms with Crippen molar-refractivity contribution in [1.29, 1.82) is 0 Å². The number of carbonyl (C=O) groups excluding carboxylic acids is 1. The molecule has 0 aromatic heterocycles. The van der Waals surface area contributed by atoms with Crippen molar-refractivity contribution in [2.75, 3.05) is 11.4 Å². The third kappa shape index (κ3) is 2.06. The molecule has 1 heterocycles. The molecule has 0 atom stereocenters. The van der Waals surface area contributed by atoms with E-state index in [9.17, 15) is 9.90 Å². The van der Waals surface area contributed by atoms with Crippen molar-refractivity contribution in [1.82, 2.24) is 0 Å². The molecule has 1 aliphatic rings. The normalized spacial score (nSPS) is 17.1. The number of carbonyl (C=O) groups is 1. The monoisotopic (exact) mass is 247 g/mol. The second-order valence-electron chi connectivity index (χ2n) is 5.11. The lowest BCUT2D eigenvalue weighted by atomic mass is 10.0. The number of phenolic OH excluding ortho intramolecular Hbond substituents is 1. The van der Waals surface area contributed by atoms with Crippen molar-refractivity contribution in [3.8, 4) is 11.5 Å². The van der Waals surface area contributed by atoms with Gasteiger partial charge < -0.3 is 14.7 Å². The summed E-state index contributed by atoms with van der Waals surface area (Å²) in [6.45, 7) is 9.59. The van der Waals surface area contributed by atoms with Crippen LogP contribution in [0.4, 0.5) is 5.69 Å². The number of hydrogen-bond acceptors (Lipinski definition) is 3. The molecule has 1 aromatic carbocycles. The standard InChI is InChI=1S/C14H17NO3/c1-9(2)8-15-11-6-5-10(16)7-12(11)18-14(3,4)13(15)17/h5-7,16H,1,8H2,2-4H3. The number of hydrogen-bond donors (Lipinski definition) is 1. The van der Waals surface area contributed by atoms with E-state index in [4.69, 9.17) is 4.74 Å². The van der Waals surface area contributed by atoms with Gasteiger partial charge in [-0.25, -0.2) is 0 Å². The number of rotatable bonds is 2. The summed E-state index contributed by atoms with van der Waals surface area (Å²) in [6.07, 6.45) is 0. The van der Waals surface area contributed by atoms with E-state index in [0.29, 0.717) is 18.0 Å². The lowest BCUT2D eigenvalue weighted by Gasteiger charge is -2.38. The highest BCUT2D eigenvalue weighted by Gasteiger charge is 2.40. The van der Waals surface area contributed by atoms with Crippen LogP contribution < -0.4 is 9.64 Å². The molecule has 0 bridgehead atoms. The van der Waals surface area contributed by atoms with E-state index in [0.717, 1.165) is 5.57 Å². The molecular formula is C14H17NO3. The Labute approximate surface area is 106 Å². The van der Waals surface area contributed by atoms with Crippen molar-refractivity contribution in [3.05, 3.63) is 30.4 Å². The number of ether oxygens (including phenoxy) is 1. The predicted octanol–water partition coefficient (Wildman–Crippen LogP) is 2.47. The van der Waals surface area contributed by atoms with Gasteiger partial charge in [-0.05, 0) is 32.9 Å². The number of phenols is 1. The maximum atomic E-state index is 12.3. The van der Waals surface area contributed by atoms with Gasteiger partial charge in [0, 0.05) is 12.6 Å². The Bertz CT molecular complexity index is 520. The van der Waals surface area contributed by atoms with Gasteiger partial charge in [0.25, 0.3) is 5.91 Å². The average molecular weight is 247 g/mol. The molecule has 1 aromatic rings. The van der Waals surface area contributed by atoms with Crippen molar-refractivity contribution in [2.24, 2.45) is 0 Å². The number of benzene rings is 1. The van der Waals surface area contributed by atoms with Gasteiger partial charge in [0.05, 0.1) is 5.69 Å². The quantitative estimate of drug-likeness (QED) is 0.817. The highest BCUT2D eigenvalue weighted by Crippen LogP contribution is 2.39. The second kappa shape index (κ2) is 4.05. The highest BCUT2D eigenvalue weighted by atomic mass is 16.5. The summed E-state index contributed by atoms with van der Waals surface area (Å²) in [7, 11) is 0. The number of anilines is 1. The number of fused-ring (bicyclic) bond motifs is 1. The fourth-order valence-corrected chi connectivity index (χ4v) is 1.99. The molecule has 0 spiro atoms. The van der Waals surface area contributed by atoms with Gasteiger partial charge in [-0.1, -0.05) is 12.2 Å². The molecule has 0 aliphatic carbocycles. The number of aromatic hydroxyl groups is 1. The van der Waals surface area contributed by atoms with E-state index in [1.807, 2.05) is 6.92 Å². The zero-order chi connectivity index (χ0) is 13.5. The van der Waals surface area contributed by atoms with Crippen LogP contribution >= 0.6 is 0 Å². The van der Waals surface area contributed by atoms with E-state index >= 15 is 0 Å². The largest absolute Gasteiger partial charge is 0.508 e. The summed E-state index contributed by atoms with van der Waals surface area (Å²) >= 11 is 0. The summed E-state index contributed by atoms with van der Waals surface area (Å²) in [5.41, 5.74) is 0.621. The van der Waals surface area contributed by atoms with E-state index < -0.39 is 5.60 Å². The topological polar surface area (TPSA) is 49.8 Å². The average Bonchev–Trinajstić information content (AvgIpc) is 2.23. The molecule has 4 nitrogen and oxygen atoms in total. The molecule has 1 N–H and O–H groups in total. The van der Waals surface area contributed by atoms with Crippen LogP contribution in [0, 0.1) is 0 Å². The number of nitrogens with zero attached hydrogens (tertiary/aromatic N) is 1. The van der Waals surface area contributed by atoms with Crippen LogP contribution in [0.25, 0.3) is 0 Å². The lowest BCUT2D eigenvalue weighted by molar-refractivity contribution is -0.132. The van der Waals surface area contributed by atoms with Gasteiger partial charge in [0.15, 0.2) is 5.60 Å². The summed E-state index contributed by atoms with van der Waals surface area (Å²) < 4.78 is 5.64. The summed E-state index contributed by atoms with van der Waals surface area (Å²) in [6, 6.07) is 4.74. The second-order valence-corrected chi connectivity index (χ2v) is 5.11. The first-order valence-electron chi connectivity index (χ1n) is 5.79. The fraction of sp³-hybridized carbons (Fsp3) is 0.357. The van der Waals surface area contributed by atoms with Crippen LogP contribution in [-0.4, -0.2) is 23.2 Å². The van der Waals surface area contributed by atoms with Crippen LogP contribution in [0.2, 0.25) is 0 Å². The Morgan fingerprint density at radius 3 is 2.78 bits per heavy atom. The first kappa shape index (κ1) is 12.5. The molecule has 96 valence electrons. The van der Waals surface area contributed by atoms with Crippen molar-refractivity contribution in [3.63, 3.8) is 0 Å². The Morgan fingerprint density at radius 2 is 2.17 bits per heavy atom. The zero-order valence-electron chi connectivity index (χ0n) is 10.9. The lowest BCUT2D eigenvalue weighted by Crippen LogP contribution is -2.52. The first-order chi connectivity index (χ1) is 8.31. The SMILES string of the molecule is C=C(C)CN1C(=O)C(C)(C)Oc2cc(O)ccc21. The van der Waals surface area contributed by atoms with E-state index in [2.05, 4.69) is 6.58 Å². The smallest absolute Gasteiger partial charge is 0.270 e. The van der Waals surface area contributed by atoms with Gasteiger partial charge in [-0.2, -0.15) is 0 Å². The van der Waals surface area contributed by atoms with Crippen LogP contribution in [0.15, 0.2) is 30.4 Å². The molecule has 0 fully saturated rings. The van der Waals surface area contributed by atoms with Crippen molar-refractivity contribution >= 4 is 11.6 Å². The summed E-state index contributed by atoms with van der Waals surface area (Å²) in [4.78, 5) is 14.0. The molecule has 0 unspecified atom stereocenters. The van der Waals surface area contributed by atoms with Crippen LogP contribution in [-0.2, 0) is 4.79 Å². The van der Waals surface area contributed by atoms with Gasteiger partial charge in [-0.15, -0.1) is 0 Å². The van der Waals surface area contributed by atoms with Crippen molar-refractivity contribution < 1.29 is 14.6 Å². The molecule has 1 aliphatic heterocycles. The first-order valence-corrected chi connectivity index (χ1v) is 5.79. The number of amides is 1. The van der Waals surface area contributed by atoms with E-state index in [1.165, 1.54) is 6.07 Å². The summed E-state index contributed by atoms with van der Waals surface area (Å²) in [5, 5.41) is 9.49. The fourth-order valence-electron chi connectivity index (χ4n) is 1.99. The van der Waals surface area contributed by atoms with Crippen LogP contribution in [0.5, 0.6) is 11.5 Å². The third-order valence-corrected chi connectivity index (χ3v) is 2.79. The molecule has 18 heavy (non-hydrogen) atoms. The zero-order valence-corrected chi connectivity index (χ0v) is 10.9. The Balaban J connectivity index is 2.52. The molecule has 0 saturated heterocycles. The van der Waals surface area contributed by atoms with Crippen LogP contribution in [0.1, 0.15) is 20.8 Å². The van der Waals surface area contributed by atoms with Gasteiger partial charge in [0.1, 0.15) is 11.5 Å². The Morgan fingerprint density at radius 1 is 1.50 bits per heavy atom. The molecule has 1 amide bonds. The van der Waals surface area contributed by atoms with Crippen LogP contribution in [0.3, 0.4) is 0 Å². The minimum atomic E-state index is -0.934. The molecule has 0 saturated carbocycles.